The Kier molecular flexibility index (Phi) is 7.57. The van der Waals surface area contributed by atoms with Gasteiger partial charge < -0.3 is 5.32 Å². The molecule has 0 saturated heterocycles. The second-order valence-electron chi connectivity index (χ2n) is 7.75. The Morgan fingerprint density at radius 3 is 2.06 bits per heavy atom. The number of benzene rings is 3. The van der Waals surface area contributed by atoms with Crippen molar-refractivity contribution in [1.82, 2.24) is 5.32 Å². The molecule has 0 spiro atoms. The first-order chi connectivity index (χ1) is 15.9. The van der Waals surface area contributed by atoms with Crippen LogP contribution in [0, 0.1) is 13.8 Å². The van der Waals surface area contributed by atoms with Crippen molar-refractivity contribution in [2.75, 3.05) is 10.8 Å². The van der Waals surface area contributed by atoms with Crippen molar-refractivity contribution < 1.29 is 26.4 Å². The van der Waals surface area contributed by atoms with E-state index in [9.17, 15) is 26.4 Å². The predicted octanol–water partition coefficient (Wildman–Crippen LogP) is 5.49. The van der Waals surface area contributed by atoms with Crippen LogP contribution < -0.4 is 9.62 Å². The third-order valence-corrected chi connectivity index (χ3v) is 7.17. The molecule has 0 aliphatic rings. The minimum Gasteiger partial charge on any atom is -0.350 e. The number of alkyl halides is 3. The maximum absolute atomic E-state index is 13.4. The highest BCUT2D eigenvalue weighted by molar-refractivity contribution is 7.92. The van der Waals surface area contributed by atoms with E-state index in [-0.39, 0.29) is 17.1 Å². The summed E-state index contributed by atoms with van der Waals surface area (Å²) in [5.41, 5.74) is 1.09. The van der Waals surface area contributed by atoms with Gasteiger partial charge in [0.2, 0.25) is 5.91 Å². The van der Waals surface area contributed by atoms with Crippen LogP contribution in [0.3, 0.4) is 0 Å². The molecular weight excluding hydrogens is 489 g/mol. The number of amides is 1. The highest BCUT2D eigenvalue weighted by Gasteiger charge is 2.35. The van der Waals surface area contributed by atoms with Gasteiger partial charge >= 0.3 is 6.18 Å². The van der Waals surface area contributed by atoms with Crippen LogP contribution in [0.2, 0.25) is 5.02 Å². The number of nitrogens with zero attached hydrogens (tertiary/aromatic N) is 1. The summed E-state index contributed by atoms with van der Waals surface area (Å²) in [6, 6.07) is 15.9. The molecule has 0 unspecified atom stereocenters. The molecule has 34 heavy (non-hydrogen) atoms. The fourth-order valence-corrected chi connectivity index (χ4v) is 4.77. The van der Waals surface area contributed by atoms with Crippen molar-refractivity contribution in [3.8, 4) is 0 Å². The number of aryl methyl sites for hydroxylation is 2. The van der Waals surface area contributed by atoms with Crippen LogP contribution in [-0.4, -0.2) is 20.9 Å². The Bertz CT molecular complexity index is 1280. The highest BCUT2D eigenvalue weighted by atomic mass is 35.5. The van der Waals surface area contributed by atoms with Gasteiger partial charge in [-0.3, -0.25) is 9.10 Å². The van der Waals surface area contributed by atoms with Gasteiger partial charge in [-0.05, 0) is 49.7 Å². The first-order valence-corrected chi connectivity index (χ1v) is 12.0. The third kappa shape index (κ3) is 6.09. The largest absolute Gasteiger partial charge is 0.417 e. The van der Waals surface area contributed by atoms with Crippen LogP contribution in [0.5, 0.6) is 0 Å². The first kappa shape index (κ1) is 25.6. The molecule has 10 heteroatoms. The van der Waals surface area contributed by atoms with Crippen LogP contribution in [0.4, 0.5) is 18.9 Å². The number of carbonyl (C=O) groups is 1. The zero-order valence-corrected chi connectivity index (χ0v) is 19.9. The standard InChI is InChI=1S/C24H22ClF3N2O3S/c1-16-3-7-18(8-4-16)14-29-23(31)15-30(34(32,33)20-10-5-17(2)6-11-20)19-9-12-22(25)21(13-19)24(26,27)28/h3-13H,14-15H2,1-2H3,(H,29,31). The highest BCUT2D eigenvalue weighted by Crippen LogP contribution is 2.38. The monoisotopic (exact) mass is 510 g/mol. The van der Waals surface area contributed by atoms with Gasteiger partial charge in [-0.15, -0.1) is 0 Å². The van der Waals surface area contributed by atoms with E-state index in [0.29, 0.717) is 10.4 Å². The maximum atomic E-state index is 13.4. The lowest BCUT2D eigenvalue weighted by Gasteiger charge is -2.25. The minimum absolute atomic E-state index is 0.131. The molecule has 3 aromatic carbocycles. The normalized spacial score (nSPS) is 11.8. The number of halogens is 4. The van der Waals surface area contributed by atoms with E-state index in [1.807, 2.05) is 31.2 Å². The number of hydrogen-bond donors (Lipinski definition) is 1. The Morgan fingerprint density at radius 2 is 1.50 bits per heavy atom. The van der Waals surface area contributed by atoms with Gasteiger partial charge in [0.05, 0.1) is 21.2 Å². The van der Waals surface area contributed by atoms with E-state index in [4.69, 9.17) is 11.6 Å². The number of hydrogen-bond acceptors (Lipinski definition) is 3. The van der Waals surface area contributed by atoms with Gasteiger partial charge in [0, 0.05) is 6.54 Å². The molecule has 0 radical (unpaired) electrons. The summed E-state index contributed by atoms with van der Waals surface area (Å²) in [5.74, 6) is -0.681. The number of nitrogens with one attached hydrogen (secondary N) is 1. The van der Waals surface area contributed by atoms with Crippen LogP contribution in [-0.2, 0) is 27.5 Å². The third-order valence-electron chi connectivity index (χ3n) is 5.05. The number of anilines is 1. The molecule has 180 valence electrons. The molecule has 1 amide bonds. The van der Waals surface area contributed by atoms with Crippen molar-refractivity contribution in [2.45, 2.75) is 31.5 Å². The smallest absolute Gasteiger partial charge is 0.350 e. The molecule has 0 fully saturated rings. The molecule has 0 aliphatic carbocycles. The molecule has 0 saturated carbocycles. The van der Waals surface area contributed by atoms with Crippen molar-refractivity contribution in [3.05, 3.63) is 94.0 Å². The van der Waals surface area contributed by atoms with Crippen molar-refractivity contribution in [3.63, 3.8) is 0 Å². The molecule has 0 aliphatic heterocycles. The van der Waals surface area contributed by atoms with Gasteiger partial charge in [0.1, 0.15) is 6.54 Å². The van der Waals surface area contributed by atoms with Crippen LogP contribution in [0.15, 0.2) is 71.6 Å². The second-order valence-corrected chi connectivity index (χ2v) is 10.0. The predicted molar refractivity (Wildman–Crippen MR) is 125 cm³/mol. The summed E-state index contributed by atoms with van der Waals surface area (Å²) >= 11 is 5.70. The Hall–Kier alpha value is -3.04. The fraction of sp³-hybridized carbons (Fsp3) is 0.208. The van der Waals surface area contributed by atoms with Gasteiger partial charge in [-0.2, -0.15) is 13.2 Å². The van der Waals surface area contributed by atoms with E-state index in [1.165, 1.54) is 12.1 Å². The summed E-state index contributed by atoms with van der Waals surface area (Å²) in [6.45, 7) is 3.09. The number of sulfonamides is 1. The number of rotatable bonds is 7. The van der Waals surface area contributed by atoms with Gasteiger partial charge in [0.15, 0.2) is 0 Å². The van der Waals surface area contributed by atoms with Gasteiger partial charge in [-0.25, -0.2) is 8.42 Å². The summed E-state index contributed by atoms with van der Waals surface area (Å²) in [4.78, 5) is 12.5. The second kappa shape index (κ2) is 10.1. The summed E-state index contributed by atoms with van der Waals surface area (Å²) in [7, 11) is -4.37. The lowest BCUT2D eigenvalue weighted by atomic mass is 10.1. The van der Waals surface area contributed by atoms with Crippen molar-refractivity contribution in [2.24, 2.45) is 0 Å². The van der Waals surface area contributed by atoms with E-state index >= 15 is 0 Å². The average Bonchev–Trinajstić information content (AvgIpc) is 2.77. The lowest BCUT2D eigenvalue weighted by Crippen LogP contribution is -2.40. The molecule has 0 atom stereocenters. The van der Waals surface area contributed by atoms with Crippen LogP contribution >= 0.6 is 11.6 Å². The summed E-state index contributed by atoms with van der Waals surface area (Å²) < 4.78 is 67.7. The zero-order valence-electron chi connectivity index (χ0n) is 18.4. The molecular formula is C24H22ClF3N2O3S. The zero-order chi connectivity index (χ0) is 25.1. The Morgan fingerprint density at radius 1 is 0.941 bits per heavy atom. The Balaban J connectivity index is 1.96. The van der Waals surface area contributed by atoms with Crippen molar-refractivity contribution >= 4 is 33.2 Å². The summed E-state index contributed by atoms with van der Waals surface area (Å²) in [5, 5.41) is 2.04. The molecule has 0 bridgehead atoms. The topological polar surface area (TPSA) is 66.5 Å². The van der Waals surface area contributed by atoms with E-state index in [0.717, 1.165) is 28.8 Å². The summed E-state index contributed by atoms with van der Waals surface area (Å²) in [6.07, 6.45) is -4.81. The van der Waals surface area contributed by atoms with E-state index in [2.05, 4.69) is 5.32 Å². The quantitative estimate of drug-likeness (QED) is 0.457. The average molecular weight is 511 g/mol. The first-order valence-electron chi connectivity index (χ1n) is 10.2. The molecule has 1 N–H and O–H groups in total. The Labute approximate surface area is 201 Å². The van der Waals surface area contributed by atoms with Crippen LogP contribution in [0.1, 0.15) is 22.3 Å². The van der Waals surface area contributed by atoms with Crippen LogP contribution in [0.25, 0.3) is 0 Å². The van der Waals surface area contributed by atoms with E-state index < -0.39 is 39.2 Å². The molecule has 3 rings (SSSR count). The molecule has 0 heterocycles. The molecule has 0 aromatic heterocycles. The van der Waals surface area contributed by atoms with Gasteiger partial charge in [-0.1, -0.05) is 59.1 Å². The maximum Gasteiger partial charge on any atom is 0.417 e. The minimum atomic E-state index is -4.81. The number of carbonyl (C=O) groups excluding carboxylic acids is 1. The fourth-order valence-electron chi connectivity index (χ4n) is 3.13. The SMILES string of the molecule is Cc1ccc(CNC(=O)CN(c2ccc(Cl)c(C(F)(F)F)c2)S(=O)(=O)c2ccc(C)cc2)cc1. The van der Waals surface area contributed by atoms with Crippen molar-refractivity contribution in [1.29, 1.82) is 0 Å². The molecule has 3 aromatic rings. The lowest BCUT2D eigenvalue weighted by molar-refractivity contribution is -0.137. The van der Waals surface area contributed by atoms with Gasteiger partial charge in [0.25, 0.3) is 10.0 Å². The van der Waals surface area contributed by atoms with E-state index in [1.54, 1.807) is 19.1 Å². The molecule has 5 nitrogen and oxygen atoms in total.